The van der Waals surface area contributed by atoms with Crippen molar-refractivity contribution < 1.29 is 9.47 Å². The third-order valence-corrected chi connectivity index (χ3v) is 5.78. The Labute approximate surface area is 97.1 Å². The Kier molecular flexibility index (Phi) is 1.63. The smallest absolute Gasteiger partial charge is 0.111 e. The Morgan fingerprint density at radius 3 is 2.75 bits per heavy atom. The Bertz CT molecular complexity index is 339. The van der Waals surface area contributed by atoms with Crippen LogP contribution in [-0.2, 0) is 9.47 Å². The number of likely N-dealkylation sites (tertiary alicyclic amines) is 1. The summed E-state index contributed by atoms with van der Waals surface area (Å²) in [5.74, 6) is 0. The van der Waals surface area contributed by atoms with Crippen molar-refractivity contribution in [2.45, 2.75) is 69.6 Å². The summed E-state index contributed by atoms with van der Waals surface area (Å²) >= 11 is 0. The number of fused-ring (bicyclic) bond motifs is 3. The highest BCUT2D eigenvalue weighted by molar-refractivity contribution is 5.22. The minimum Gasteiger partial charge on any atom is -0.368 e. The van der Waals surface area contributed by atoms with Gasteiger partial charge in [0.15, 0.2) is 0 Å². The lowest BCUT2D eigenvalue weighted by atomic mass is 9.64. The molecule has 1 saturated carbocycles. The van der Waals surface area contributed by atoms with Crippen molar-refractivity contribution in [1.82, 2.24) is 4.90 Å². The SMILES string of the molecule is CN1C2CCC(O2)C(C)(C)C23CCC(O2)C13. The number of hydrogen-bond acceptors (Lipinski definition) is 3. The van der Waals surface area contributed by atoms with Gasteiger partial charge in [0.25, 0.3) is 0 Å². The Hall–Kier alpha value is -0.120. The van der Waals surface area contributed by atoms with Crippen molar-refractivity contribution >= 4 is 0 Å². The van der Waals surface area contributed by atoms with E-state index in [0.717, 1.165) is 0 Å². The van der Waals surface area contributed by atoms with E-state index in [-0.39, 0.29) is 11.0 Å². The quantitative estimate of drug-likeness (QED) is 0.624. The molecule has 4 bridgehead atoms. The second-order valence-corrected chi connectivity index (χ2v) is 6.57. The molecule has 0 N–H and O–H groups in total. The van der Waals surface area contributed by atoms with Crippen LogP contribution < -0.4 is 0 Å². The number of hydrogen-bond donors (Lipinski definition) is 0. The van der Waals surface area contributed by atoms with E-state index in [0.29, 0.717) is 24.5 Å². The van der Waals surface area contributed by atoms with Gasteiger partial charge in [0, 0.05) is 5.41 Å². The van der Waals surface area contributed by atoms with Gasteiger partial charge in [0.2, 0.25) is 0 Å². The van der Waals surface area contributed by atoms with Crippen molar-refractivity contribution in [3.63, 3.8) is 0 Å². The first-order valence-electron chi connectivity index (χ1n) is 6.61. The van der Waals surface area contributed by atoms with Crippen LogP contribution in [0.2, 0.25) is 0 Å². The summed E-state index contributed by atoms with van der Waals surface area (Å²) in [7, 11) is 2.23. The van der Waals surface area contributed by atoms with Crippen molar-refractivity contribution in [3.8, 4) is 0 Å². The molecular formula is C13H21NO2. The Morgan fingerprint density at radius 1 is 1.19 bits per heavy atom. The second kappa shape index (κ2) is 2.65. The summed E-state index contributed by atoms with van der Waals surface area (Å²) in [5.41, 5.74) is 0.260. The van der Waals surface area contributed by atoms with Gasteiger partial charge in [-0.25, -0.2) is 0 Å². The first-order chi connectivity index (χ1) is 7.56. The van der Waals surface area contributed by atoms with Crippen LogP contribution in [0.3, 0.4) is 0 Å². The molecule has 3 heteroatoms. The summed E-state index contributed by atoms with van der Waals surface area (Å²) in [4.78, 5) is 2.47. The average Bonchev–Trinajstić information content (AvgIpc) is 2.91. The van der Waals surface area contributed by atoms with Crippen LogP contribution in [0, 0.1) is 5.41 Å². The molecule has 0 aromatic heterocycles. The van der Waals surface area contributed by atoms with Crippen molar-refractivity contribution in [3.05, 3.63) is 0 Å². The van der Waals surface area contributed by atoms with E-state index in [2.05, 4.69) is 25.8 Å². The van der Waals surface area contributed by atoms with Crippen molar-refractivity contribution in [2.75, 3.05) is 7.05 Å². The van der Waals surface area contributed by atoms with Crippen LogP contribution in [0.5, 0.6) is 0 Å². The molecule has 16 heavy (non-hydrogen) atoms. The molecule has 0 radical (unpaired) electrons. The normalized spacial score (nSPS) is 57.9. The van der Waals surface area contributed by atoms with Crippen LogP contribution >= 0.6 is 0 Å². The van der Waals surface area contributed by atoms with Gasteiger partial charge in [-0.2, -0.15) is 0 Å². The minimum atomic E-state index is 0.0895. The van der Waals surface area contributed by atoms with E-state index in [1.165, 1.54) is 25.7 Å². The maximum Gasteiger partial charge on any atom is 0.111 e. The molecule has 3 nitrogen and oxygen atoms in total. The zero-order valence-electron chi connectivity index (χ0n) is 10.4. The first kappa shape index (κ1) is 9.86. The molecule has 0 aromatic carbocycles. The lowest BCUT2D eigenvalue weighted by Crippen LogP contribution is -2.71. The monoisotopic (exact) mass is 223 g/mol. The molecule has 90 valence electrons. The van der Waals surface area contributed by atoms with Gasteiger partial charge in [-0.15, -0.1) is 0 Å². The fraction of sp³-hybridized carbons (Fsp3) is 1.00. The third kappa shape index (κ3) is 0.823. The van der Waals surface area contributed by atoms with Crippen LogP contribution in [-0.4, -0.2) is 42.0 Å². The van der Waals surface area contributed by atoms with E-state index in [1.54, 1.807) is 0 Å². The van der Waals surface area contributed by atoms with Crippen molar-refractivity contribution in [1.29, 1.82) is 0 Å². The predicted molar refractivity (Wildman–Crippen MR) is 60.1 cm³/mol. The molecule has 1 spiro atoms. The summed E-state index contributed by atoms with van der Waals surface area (Å²) in [6.45, 7) is 4.71. The van der Waals surface area contributed by atoms with E-state index in [4.69, 9.17) is 9.47 Å². The Balaban J connectivity index is 1.83. The number of ether oxygens (including phenoxy) is 2. The summed E-state index contributed by atoms with van der Waals surface area (Å²) in [6, 6.07) is 0.609. The minimum absolute atomic E-state index is 0.0895. The van der Waals surface area contributed by atoms with Crippen molar-refractivity contribution in [2.24, 2.45) is 5.41 Å². The van der Waals surface area contributed by atoms with E-state index in [9.17, 15) is 0 Å². The molecule has 4 aliphatic heterocycles. The molecular weight excluding hydrogens is 202 g/mol. The van der Waals surface area contributed by atoms with E-state index >= 15 is 0 Å². The van der Waals surface area contributed by atoms with Crippen LogP contribution in [0.25, 0.3) is 0 Å². The predicted octanol–water partition coefficient (Wildman–Crippen LogP) is 1.76. The fourth-order valence-electron chi connectivity index (χ4n) is 4.76. The maximum absolute atomic E-state index is 6.24. The molecule has 5 aliphatic rings. The fourth-order valence-corrected chi connectivity index (χ4v) is 4.76. The first-order valence-corrected chi connectivity index (χ1v) is 6.61. The topological polar surface area (TPSA) is 21.7 Å². The molecule has 5 fully saturated rings. The largest absolute Gasteiger partial charge is 0.368 e. The lowest BCUT2D eigenvalue weighted by Gasteiger charge is -2.58. The average molecular weight is 223 g/mol. The summed E-state index contributed by atoms with van der Waals surface area (Å²) < 4.78 is 12.5. The standard InChI is InChI=1S/C13H21NO2/c1-12(2)9-4-5-10(15-9)14(3)11-8-6-7-13(11,12)16-8/h8-11H,4-7H2,1-3H3. The molecule has 4 heterocycles. The van der Waals surface area contributed by atoms with Gasteiger partial charge < -0.3 is 9.47 Å². The van der Waals surface area contributed by atoms with E-state index < -0.39 is 0 Å². The summed E-state index contributed by atoms with van der Waals surface area (Å²) in [6.07, 6.45) is 6.09. The van der Waals surface area contributed by atoms with Gasteiger partial charge in [-0.3, -0.25) is 4.90 Å². The van der Waals surface area contributed by atoms with Gasteiger partial charge >= 0.3 is 0 Å². The van der Waals surface area contributed by atoms with Crippen LogP contribution in [0.4, 0.5) is 0 Å². The molecule has 0 aromatic rings. The summed E-state index contributed by atoms with van der Waals surface area (Å²) in [5, 5.41) is 0. The Morgan fingerprint density at radius 2 is 2.00 bits per heavy atom. The second-order valence-electron chi connectivity index (χ2n) is 6.57. The molecule has 5 rings (SSSR count). The molecule has 5 atom stereocenters. The van der Waals surface area contributed by atoms with Gasteiger partial charge in [-0.1, -0.05) is 13.8 Å². The highest BCUT2D eigenvalue weighted by Gasteiger charge is 2.73. The molecule has 0 amide bonds. The third-order valence-electron chi connectivity index (χ3n) is 5.78. The van der Waals surface area contributed by atoms with Crippen LogP contribution in [0.15, 0.2) is 0 Å². The van der Waals surface area contributed by atoms with Gasteiger partial charge in [-0.05, 0) is 32.7 Å². The van der Waals surface area contributed by atoms with Crippen LogP contribution in [0.1, 0.15) is 39.5 Å². The zero-order chi connectivity index (χ0) is 11.1. The zero-order valence-corrected chi connectivity index (χ0v) is 10.4. The number of likely N-dealkylation sites (N-methyl/N-ethyl adjacent to an activating group) is 1. The van der Waals surface area contributed by atoms with Gasteiger partial charge in [0.05, 0.1) is 23.9 Å². The highest BCUT2D eigenvalue weighted by atomic mass is 16.6. The highest BCUT2D eigenvalue weighted by Crippen LogP contribution is 2.63. The molecule has 5 unspecified atom stereocenters. The van der Waals surface area contributed by atoms with Gasteiger partial charge in [0.1, 0.15) is 6.23 Å². The number of nitrogens with zero attached hydrogens (tertiary/aromatic N) is 1. The maximum atomic E-state index is 6.24. The molecule has 4 saturated heterocycles. The van der Waals surface area contributed by atoms with E-state index in [1.807, 2.05) is 0 Å². The molecule has 1 aliphatic carbocycles. The lowest BCUT2D eigenvalue weighted by molar-refractivity contribution is -0.265. The number of rotatable bonds is 0.